The number of carbonyl (C=O) groups excluding carboxylic acids is 1. The van der Waals surface area contributed by atoms with Crippen molar-refractivity contribution >= 4 is 6.29 Å². The zero-order chi connectivity index (χ0) is 13.0. The minimum atomic E-state index is 0.550. The number of hydrogen-bond donors (Lipinski definition) is 0. The molecule has 0 aromatic carbocycles. The average molecular weight is 240 g/mol. The standard InChI is InChI=1S/C16H32O/c1-4-16(2,3)14-12-10-8-6-5-7-9-11-13-15-17/h15H,4-14H2,1-3H3. The van der Waals surface area contributed by atoms with Crippen molar-refractivity contribution in [2.75, 3.05) is 0 Å². The van der Waals surface area contributed by atoms with Crippen LogP contribution < -0.4 is 0 Å². The van der Waals surface area contributed by atoms with E-state index < -0.39 is 0 Å². The molecular formula is C16H32O. The number of aldehydes is 1. The predicted octanol–water partition coefficient (Wildman–Crippen LogP) is 5.52. The second-order valence-electron chi connectivity index (χ2n) is 6.05. The summed E-state index contributed by atoms with van der Waals surface area (Å²) < 4.78 is 0. The maximum atomic E-state index is 10.1. The summed E-state index contributed by atoms with van der Waals surface area (Å²) in [5.41, 5.74) is 0.550. The van der Waals surface area contributed by atoms with Gasteiger partial charge in [0.15, 0.2) is 0 Å². The normalized spacial score (nSPS) is 11.7. The maximum Gasteiger partial charge on any atom is 0.119 e. The van der Waals surface area contributed by atoms with E-state index in [4.69, 9.17) is 0 Å². The Hall–Kier alpha value is -0.330. The second kappa shape index (κ2) is 10.8. The third-order valence-corrected chi connectivity index (χ3v) is 3.88. The van der Waals surface area contributed by atoms with Crippen LogP contribution in [0.4, 0.5) is 0 Å². The second-order valence-corrected chi connectivity index (χ2v) is 6.05. The fourth-order valence-corrected chi connectivity index (χ4v) is 2.07. The molecule has 0 saturated carbocycles. The molecule has 0 N–H and O–H groups in total. The largest absolute Gasteiger partial charge is 0.303 e. The van der Waals surface area contributed by atoms with E-state index in [1.165, 1.54) is 57.8 Å². The Bertz CT molecular complexity index is 172. The molecule has 0 aliphatic rings. The fraction of sp³-hybridized carbons (Fsp3) is 0.938. The lowest BCUT2D eigenvalue weighted by atomic mass is 9.84. The first-order chi connectivity index (χ1) is 8.12. The van der Waals surface area contributed by atoms with Gasteiger partial charge in [0.2, 0.25) is 0 Å². The van der Waals surface area contributed by atoms with Crippen molar-refractivity contribution in [1.29, 1.82) is 0 Å². The first-order valence-corrected chi connectivity index (χ1v) is 7.56. The molecule has 0 aromatic heterocycles. The lowest BCUT2D eigenvalue weighted by Crippen LogP contribution is -2.08. The van der Waals surface area contributed by atoms with Gasteiger partial charge in [-0.1, -0.05) is 72.1 Å². The van der Waals surface area contributed by atoms with Crippen LogP contribution in [-0.4, -0.2) is 6.29 Å². The Morgan fingerprint density at radius 1 is 0.824 bits per heavy atom. The topological polar surface area (TPSA) is 17.1 Å². The number of carbonyl (C=O) groups is 1. The Balaban J connectivity index is 3.11. The fourth-order valence-electron chi connectivity index (χ4n) is 2.07. The summed E-state index contributed by atoms with van der Waals surface area (Å²) in [6, 6.07) is 0. The Morgan fingerprint density at radius 3 is 1.76 bits per heavy atom. The molecule has 0 spiro atoms. The molecule has 0 amide bonds. The van der Waals surface area contributed by atoms with E-state index >= 15 is 0 Å². The van der Waals surface area contributed by atoms with Crippen molar-refractivity contribution in [2.45, 2.75) is 91.4 Å². The average Bonchev–Trinajstić information content (AvgIpc) is 2.31. The molecule has 102 valence electrons. The SMILES string of the molecule is CCC(C)(C)CCCCCCCCCCC=O. The third kappa shape index (κ3) is 11.9. The summed E-state index contributed by atoms with van der Waals surface area (Å²) in [6.07, 6.45) is 15.0. The quantitative estimate of drug-likeness (QED) is 0.324. The van der Waals surface area contributed by atoms with E-state index in [1.54, 1.807) is 0 Å². The molecule has 0 saturated heterocycles. The first kappa shape index (κ1) is 16.7. The van der Waals surface area contributed by atoms with Crippen LogP contribution >= 0.6 is 0 Å². The van der Waals surface area contributed by atoms with Gasteiger partial charge >= 0.3 is 0 Å². The van der Waals surface area contributed by atoms with E-state index in [0.29, 0.717) is 5.41 Å². The van der Waals surface area contributed by atoms with Crippen LogP contribution in [0.5, 0.6) is 0 Å². The summed E-state index contributed by atoms with van der Waals surface area (Å²) >= 11 is 0. The summed E-state index contributed by atoms with van der Waals surface area (Å²) in [4.78, 5) is 10.1. The molecule has 0 radical (unpaired) electrons. The van der Waals surface area contributed by atoms with Crippen molar-refractivity contribution in [1.82, 2.24) is 0 Å². The summed E-state index contributed by atoms with van der Waals surface area (Å²) in [7, 11) is 0. The predicted molar refractivity (Wildman–Crippen MR) is 76.3 cm³/mol. The van der Waals surface area contributed by atoms with E-state index in [1.807, 2.05) is 0 Å². The zero-order valence-corrected chi connectivity index (χ0v) is 12.3. The van der Waals surface area contributed by atoms with Gasteiger partial charge in [0, 0.05) is 6.42 Å². The molecule has 0 atom stereocenters. The highest BCUT2D eigenvalue weighted by Crippen LogP contribution is 2.27. The van der Waals surface area contributed by atoms with Gasteiger partial charge in [-0.3, -0.25) is 0 Å². The van der Waals surface area contributed by atoms with Gasteiger partial charge in [0.25, 0.3) is 0 Å². The van der Waals surface area contributed by atoms with Gasteiger partial charge in [-0.2, -0.15) is 0 Å². The minimum Gasteiger partial charge on any atom is -0.303 e. The van der Waals surface area contributed by atoms with Gasteiger partial charge < -0.3 is 4.79 Å². The Morgan fingerprint density at radius 2 is 1.29 bits per heavy atom. The van der Waals surface area contributed by atoms with Crippen LogP contribution in [0.25, 0.3) is 0 Å². The van der Waals surface area contributed by atoms with E-state index in [0.717, 1.165) is 19.1 Å². The smallest absolute Gasteiger partial charge is 0.119 e. The molecule has 1 nitrogen and oxygen atoms in total. The molecule has 0 aliphatic carbocycles. The van der Waals surface area contributed by atoms with Crippen molar-refractivity contribution in [2.24, 2.45) is 5.41 Å². The highest BCUT2D eigenvalue weighted by molar-refractivity contribution is 5.48. The van der Waals surface area contributed by atoms with Crippen molar-refractivity contribution in [3.8, 4) is 0 Å². The molecule has 0 unspecified atom stereocenters. The van der Waals surface area contributed by atoms with Gasteiger partial charge in [-0.05, 0) is 18.3 Å². The molecule has 0 bridgehead atoms. The van der Waals surface area contributed by atoms with Gasteiger partial charge in [-0.15, -0.1) is 0 Å². The monoisotopic (exact) mass is 240 g/mol. The highest BCUT2D eigenvalue weighted by Gasteiger charge is 2.13. The molecule has 0 rings (SSSR count). The maximum absolute atomic E-state index is 10.1. The number of rotatable bonds is 12. The van der Waals surface area contributed by atoms with Gasteiger partial charge in [0.05, 0.1) is 0 Å². The third-order valence-electron chi connectivity index (χ3n) is 3.88. The minimum absolute atomic E-state index is 0.550. The first-order valence-electron chi connectivity index (χ1n) is 7.56. The molecule has 0 heterocycles. The number of unbranched alkanes of at least 4 members (excludes halogenated alkanes) is 8. The van der Waals surface area contributed by atoms with Crippen LogP contribution in [0.15, 0.2) is 0 Å². The lowest BCUT2D eigenvalue weighted by molar-refractivity contribution is -0.107. The van der Waals surface area contributed by atoms with Crippen LogP contribution in [-0.2, 0) is 4.79 Å². The molecule has 17 heavy (non-hydrogen) atoms. The van der Waals surface area contributed by atoms with Crippen LogP contribution in [0.1, 0.15) is 91.4 Å². The highest BCUT2D eigenvalue weighted by atomic mass is 16.1. The summed E-state index contributed by atoms with van der Waals surface area (Å²) in [5, 5.41) is 0. The van der Waals surface area contributed by atoms with E-state index in [2.05, 4.69) is 20.8 Å². The number of hydrogen-bond acceptors (Lipinski definition) is 1. The zero-order valence-electron chi connectivity index (χ0n) is 12.3. The van der Waals surface area contributed by atoms with E-state index in [9.17, 15) is 4.79 Å². The summed E-state index contributed by atoms with van der Waals surface area (Å²) in [5.74, 6) is 0. The van der Waals surface area contributed by atoms with Crippen LogP contribution in [0, 0.1) is 5.41 Å². The van der Waals surface area contributed by atoms with Gasteiger partial charge in [-0.25, -0.2) is 0 Å². The van der Waals surface area contributed by atoms with Crippen LogP contribution in [0.2, 0.25) is 0 Å². The molecule has 0 fully saturated rings. The van der Waals surface area contributed by atoms with Crippen LogP contribution in [0.3, 0.4) is 0 Å². The lowest BCUT2D eigenvalue weighted by Gasteiger charge is -2.22. The molecule has 0 aromatic rings. The summed E-state index contributed by atoms with van der Waals surface area (Å²) in [6.45, 7) is 7.04. The Kier molecular flexibility index (Phi) is 10.6. The van der Waals surface area contributed by atoms with Gasteiger partial charge in [0.1, 0.15) is 6.29 Å². The van der Waals surface area contributed by atoms with E-state index in [-0.39, 0.29) is 0 Å². The van der Waals surface area contributed by atoms with Crippen molar-refractivity contribution < 1.29 is 4.79 Å². The van der Waals surface area contributed by atoms with Crippen molar-refractivity contribution in [3.05, 3.63) is 0 Å². The molecule has 1 heteroatoms. The Labute approximate surface area is 108 Å². The molecule has 0 aliphatic heterocycles. The van der Waals surface area contributed by atoms with Crippen molar-refractivity contribution in [3.63, 3.8) is 0 Å². The molecular weight excluding hydrogens is 208 g/mol.